The fourth-order valence-electron chi connectivity index (χ4n) is 2.91. The predicted molar refractivity (Wildman–Crippen MR) is 93.5 cm³/mol. The zero-order valence-corrected chi connectivity index (χ0v) is 13.7. The van der Waals surface area contributed by atoms with Crippen molar-refractivity contribution >= 4 is 16.9 Å². The molecule has 3 heterocycles. The first-order chi connectivity index (χ1) is 11.7. The number of rotatable bonds is 5. The van der Waals surface area contributed by atoms with Gasteiger partial charge in [-0.3, -0.25) is 9.78 Å². The summed E-state index contributed by atoms with van der Waals surface area (Å²) in [5.41, 5.74) is 3.99. The fraction of sp³-hybridized carbons (Fsp3) is 0.316. The lowest BCUT2D eigenvalue weighted by Crippen LogP contribution is -2.26. The van der Waals surface area contributed by atoms with Crippen LogP contribution in [0.4, 0.5) is 0 Å². The number of aryl methyl sites for hydroxylation is 2. The van der Waals surface area contributed by atoms with E-state index >= 15 is 0 Å². The van der Waals surface area contributed by atoms with Gasteiger partial charge in [-0.15, -0.1) is 0 Å². The summed E-state index contributed by atoms with van der Waals surface area (Å²) < 4.78 is 2.12. The molecule has 3 aromatic heterocycles. The van der Waals surface area contributed by atoms with Crippen molar-refractivity contribution in [3.05, 3.63) is 48.4 Å². The number of fused-ring (bicyclic) bond motifs is 1. The molecule has 1 saturated carbocycles. The van der Waals surface area contributed by atoms with E-state index in [2.05, 4.69) is 32.0 Å². The van der Waals surface area contributed by atoms with E-state index in [0.29, 0.717) is 19.0 Å². The molecule has 0 aliphatic heterocycles. The van der Waals surface area contributed by atoms with Crippen LogP contribution in [0, 0.1) is 6.92 Å². The van der Waals surface area contributed by atoms with Crippen molar-refractivity contribution in [1.29, 1.82) is 0 Å². The summed E-state index contributed by atoms with van der Waals surface area (Å²) in [6.45, 7) is 2.59. The summed E-state index contributed by atoms with van der Waals surface area (Å²) in [6.07, 6.45) is 6.35. The lowest BCUT2D eigenvalue weighted by atomic mass is 10.2. The lowest BCUT2D eigenvalue weighted by Gasteiger charge is -2.10. The summed E-state index contributed by atoms with van der Waals surface area (Å²) in [5.74, 6) is 0.114. The van der Waals surface area contributed by atoms with Gasteiger partial charge < -0.3 is 9.88 Å². The second kappa shape index (κ2) is 6.07. The highest BCUT2D eigenvalue weighted by atomic mass is 16.1. The Morgan fingerprint density at radius 2 is 2.17 bits per heavy atom. The average molecular weight is 320 g/mol. The molecule has 1 amide bonds. The molecule has 0 bridgehead atoms. The summed E-state index contributed by atoms with van der Waals surface area (Å²) in [5, 5.41) is 4.13. The molecule has 0 aromatic carbocycles. The molecule has 0 saturated heterocycles. The fourth-order valence-corrected chi connectivity index (χ4v) is 2.91. The molecule has 3 aromatic rings. The third-order valence-corrected chi connectivity index (χ3v) is 4.37. The van der Waals surface area contributed by atoms with Crippen molar-refractivity contribution in [1.82, 2.24) is 19.9 Å². The van der Waals surface area contributed by atoms with Gasteiger partial charge in [0.25, 0.3) is 0 Å². The quantitative estimate of drug-likeness (QED) is 0.786. The molecule has 5 nitrogen and oxygen atoms in total. The number of carbonyl (C=O) groups excluding carboxylic acids is 1. The predicted octanol–water partition coefficient (Wildman–Crippen LogP) is 3.08. The zero-order chi connectivity index (χ0) is 16.5. The first-order valence-corrected chi connectivity index (χ1v) is 8.37. The number of hydrogen-bond donors (Lipinski definition) is 1. The molecule has 0 radical (unpaired) electrons. The maximum Gasteiger partial charge on any atom is 0.222 e. The van der Waals surface area contributed by atoms with Crippen LogP contribution in [-0.2, 0) is 11.3 Å². The highest BCUT2D eigenvalue weighted by Gasteiger charge is 2.23. The van der Waals surface area contributed by atoms with E-state index < -0.39 is 0 Å². The van der Waals surface area contributed by atoms with Crippen LogP contribution in [0.3, 0.4) is 0 Å². The number of nitrogens with one attached hydrogen (secondary N) is 1. The zero-order valence-electron chi connectivity index (χ0n) is 13.7. The van der Waals surface area contributed by atoms with Crippen LogP contribution in [0.1, 0.15) is 25.0 Å². The summed E-state index contributed by atoms with van der Waals surface area (Å²) in [4.78, 5) is 21.0. The van der Waals surface area contributed by atoms with E-state index in [9.17, 15) is 4.79 Å². The molecule has 1 aliphatic carbocycles. The number of aromatic nitrogens is 3. The van der Waals surface area contributed by atoms with E-state index in [1.54, 1.807) is 6.20 Å². The maximum absolute atomic E-state index is 12.1. The summed E-state index contributed by atoms with van der Waals surface area (Å²) in [6, 6.07) is 10.6. The van der Waals surface area contributed by atoms with Gasteiger partial charge >= 0.3 is 0 Å². The van der Waals surface area contributed by atoms with Crippen molar-refractivity contribution in [2.45, 2.75) is 38.8 Å². The summed E-state index contributed by atoms with van der Waals surface area (Å²) in [7, 11) is 0. The molecule has 0 atom stereocenters. The van der Waals surface area contributed by atoms with Gasteiger partial charge in [-0.1, -0.05) is 0 Å². The van der Waals surface area contributed by atoms with E-state index in [1.807, 2.05) is 31.3 Å². The SMILES string of the molecule is Cc1ccc(-c2cc3cccnc3n2CCC(=O)NC2CC2)cn1. The number of pyridine rings is 2. The Morgan fingerprint density at radius 3 is 2.92 bits per heavy atom. The Labute approximate surface area is 140 Å². The number of amides is 1. The van der Waals surface area contributed by atoms with Gasteiger partial charge in [0.15, 0.2) is 0 Å². The lowest BCUT2D eigenvalue weighted by molar-refractivity contribution is -0.121. The minimum atomic E-state index is 0.114. The second-order valence-electron chi connectivity index (χ2n) is 6.38. The van der Waals surface area contributed by atoms with Crippen molar-refractivity contribution in [3.8, 4) is 11.3 Å². The van der Waals surface area contributed by atoms with Gasteiger partial charge in [-0.05, 0) is 50.1 Å². The smallest absolute Gasteiger partial charge is 0.222 e. The van der Waals surface area contributed by atoms with Crippen LogP contribution in [-0.4, -0.2) is 26.5 Å². The Bertz CT molecular complexity index is 878. The minimum absolute atomic E-state index is 0.114. The third kappa shape index (κ3) is 3.02. The van der Waals surface area contributed by atoms with Gasteiger partial charge in [0, 0.05) is 48.0 Å². The largest absolute Gasteiger partial charge is 0.353 e. The van der Waals surface area contributed by atoms with E-state index in [1.165, 1.54) is 0 Å². The molecule has 1 N–H and O–H groups in total. The topological polar surface area (TPSA) is 59.8 Å². The normalized spacial score (nSPS) is 14.0. The monoisotopic (exact) mass is 320 g/mol. The molecule has 1 fully saturated rings. The van der Waals surface area contributed by atoms with Crippen LogP contribution in [0.25, 0.3) is 22.3 Å². The first kappa shape index (κ1) is 14.9. The van der Waals surface area contributed by atoms with Gasteiger partial charge in [-0.2, -0.15) is 0 Å². The molecule has 1 aliphatic rings. The molecular formula is C19H20N4O. The molecular weight excluding hydrogens is 300 g/mol. The van der Waals surface area contributed by atoms with Gasteiger partial charge in [0.05, 0.1) is 5.69 Å². The van der Waals surface area contributed by atoms with Gasteiger partial charge in [0.1, 0.15) is 5.65 Å². The first-order valence-electron chi connectivity index (χ1n) is 8.37. The molecule has 122 valence electrons. The average Bonchev–Trinajstić information content (AvgIpc) is 3.32. The molecule has 5 heteroatoms. The standard InChI is InChI=1S/C19H20N4O/c1-13-4-5-15(12-21-13)17-11-14-3-2-9-20-19(14)23(17)10-8-18(24)22-16-6-7-16/h2-5,9,11-12,16H,6-8,10H2,1H3,(H,22,24). The van der Waals surface area contributed by atoms with Crippen LogP contribution in [0.15, 0.2) is 42.7 Å². The van der Waals surface area contributed by atoms with Crippen molar-refractivity contribution in [3.63, 3.8) is 0 Å². The minimum Gasteiger partial charge on any atom is -0.353 e. The number of nitrogens with zero attached hydrogens (tertiary/aromatic N) is 3. The van der Waals surface area contributed by atoms with Crippen LogP contribution in [0.2, 0.25) is 0 Å². The van der Waals surface area contributed by atoms with Crippen LogP contribution < -0.4 is 5.32 Å². The van der Waals surface area contributed by atoms with E-state index in [4.69, 9.17) is 0 Å². The van der Waals surface area contributed by atoms with Gasteiger partial charge in [0.2, 0.25) is 5.91 Å². The van der Waals surface area contributed by atoms with E-state index in [-0.39, 0.29) is 5.91 Å². The van der Waals surface area contributed by atoms with Crippen LogP contribution >= 0.6 is 0 Å². The van der Waals surface area contributed by atoms with Crippen molar-refractivity contribution in [2.24, 2.45) is 0 Å². The Balaban J connectivity index is 1.67. The van der Waals surface area contributed by atoms with Crippen LogP contribution in [0.5, 0.6) is 0 Å². The van der Waals surface area contributed by atoms with Gasteiger partial charge in [-0.25, -0.2) is 4.98 Å². The van der Waals surface area contributed by atoms with E-state index in [0.717, 1.165) is 40.8 Å². The van der Waals surface area contributed by atoms with Crippen molar-refractivity contribution in [2.75, 3.05) is 0 Å². The Hall–Kier alpha value is -2.69. The second-order valence-corrected chi connectivity index (χ2v) is 6.38. The summed E-state index contributed by atoms with van der Waals surface area (Å²) >= 11 is 0. The Kier molecular flexibility index (Phi) is 3.76. The molecule has 0 spiro atoms. The number of hydrogen-bond acceptors (Lipinski definition) is 3. The highest BCUT2D eigenvalue weighted by molar-refractivity contribution is 5.84. The third-order valence-electron chi connectivity index (χ3n) is 4.37. The Morgan fingerprint density at radius 1 is 1.29 bits per heavy atom. The highest BCUT2D eigenvalue weighted by Crippen LogP contribution is 2.27. The maximum atomic E-state index is 12.1. The molecule has 4 rings (SSSR count). The van der Waals surface area contributed by atoms with Crippen molar-refractivity contribution < 1.29 is 4.79 Å². The number of carbonyl (C=O) groups is 1. The molecule has 24 heavy (non-hydrogen) atoms. The molecule has 0 unspecified atom stereocenters.